The molecule has 152 valence electrons. The summed E-state index contributed by atoms with van der Waals surface area (Å²) in [4.78, 5) is 32.1. The first-order chi connectivity index (χ1) is 14.1. The van der Waals surface area contributed by atoms with E-state index in [4.69, 9.17) is 9.57 Å². The van der Waals surface area contributed by atoms with Crippen LogP contribution in [0.1, 0.15) is 22.8 Å². The van der Waals surface area contributed by atoms with Crippen LogP contribution in [-0.2, 0) is 14.4 Å². The first kappa shape index (κ1) is 20.3. The molecule has 1 saturated heterocycles. The Hall–Kier alpha value is -3.39. The number of oxime groups is 1. The highest BCUT2D eigenvalue weighted by atomic mass is 16.6. The van der Waals surface area contributed by atoms with Crippen LogP contribution in [0.3, 0.4) is 0 Å². The second kappa shape index (κ2) is 9.70. The molecule has 8 nitrogen and oxygen atoms in total. The molecular formula is C21H23N3O5. The smallest absolute Gasteiger partial charge is 0.268 e. The molecule has 1 fully saturated rings. The van der Waals surface area contributed by atoms with E-state index in [1.54, 1.807) is 54.3 Å². The van der Waals surface area contributed by atoms with Gasteiger partial charge in [-0.05, 0) is 31.2 Å². The van der Waals surface area contributed by atoms with Crippen LogP contribution in [0.25, 0.3) is 0 Å². The number of ether oxygens (including phenoxy) is 1. The Morgan fingerprint density at radius 3 is 2.62 bits per heavy atom. The van der Waals surface area contributed by atoms with Crippen molar-refractivity contribution >= 4 is 23.7 Å². The number of anilines is 1. The minimum absolute atomic E-state index is 0.0625. The van der Waals surface area contributed by atoms with E-state index in [1.165, 1.54) is 12.3 Å². The lowest BCUT2D eigenvalue weighted by atomic mass is 10.1. The van der Waals surface area contributed by atoms with Crippen LogP contribution in [0.4, 0.5) is 5.69 Å². The molecule has 1 aliphatic rings. The number of aromatic hydroxyl groups is 1. The number of benzene rings is 2. The van der Waals surface area contributed by atoms with E-state index in [0.717, 1.165) is 0 Å². The number of phenols is 1. The number of carbonyl (C=O) groups excluding carboxylic acids is 2. The highest BCUT2D eigenvalue weighted by molar-refractivity contribution is 6.04. The average Bonchev–Trinajstić information content (AvgIpc) is 2.75. The Balaban J connectivity index is 1.62. The molecule has 29 heavy (non-hydrogen) atoms. The fourth-order valence-electron chi connectivity index (χ4n) is 2.77. The Kier molecular flexibility index (Phi) is 6.80. The van der Waals surface area contributed by atoms with Gasteiger partial charge in [-0.25, -0.2) is 0 Å². The van der Waals surface area contributed by atoms with Gasteiger partial charge in [-0.15, -0.1) is 0 Å². The number of phenolic OH excluding ortho intramolecular Hbond substituents is 1. The Morgan fingerprint density at radius 2 is 1.86 bits per heavy atom. The highest BCUT2D eigenvalue weighted by Gasteiger charge is 2.23. The van der Waals surface area contributed by atoms with E-state index in [2.05, 4.69) is 10.5 Å². The normalized spacial score (nSPS) is 15.1. The van der Waals surface area contributed by atoms with Crippen LogP contribution in [0, 0.1) is 0 Å². The minimum Gasteiger partial charge on any atom is -0.507 e. The maximum absolute atomic E-state index is 12.8. The molecule has 1 aliphatic heterocycles. The molecule has 2 aromatic carbocycles. The number of carbonyl (C=O) groups is 2. The van der Waals surface area contributed by atoms with Crippen molar-refractivity contribution in [3.05, 3.63) is 59.7 Å². The van der Waals surface area contributed by atoms with E-state index in [9.17, 15) is 14.7 Å². The summed E-state index contributed by atoms with van der Waals surface area (Å²) in [6, 6.07) is 13.5. The largest absolute Gasteiger partial charge is 0.507 e. The van der Waals surface area contributed by atoms with Gasteiger partial charge >= 0.3 is 0 Å². The summed E-state index contributed by atoms with van der Waals surface area (Å²) in [5.41, 5.74) is 1.29. The Labute approximate surface area is 168 Å². The first-order valence-corrected chi connectivity index (χ1v) is 9.30. The molecule has 1 atom stereocenters. The van der Waals surface area contributed by atoms with Crippen LogP contribution >= 0.6 is 0 Å². The number of hydrogen-bond donors (Lipinski definition) is 2. The molecule has 0 aliphatic carbocycles. The van der Waals surface area contributed by atoms with Gasteiger partial charge in [-0.3, -0.25) is 9.59 Å². The fourth-order valence-corrected chi connectivity index (χ4v) is 2.77. The van der Waals surface area contributed by atoms with Gasteiger partial charge in [0.15, 0.2) is 0 Å². The van der Waals surface area contributed by atoms with Gasteiger partial charge in [0.05, 0.1) is 30.7 Å². The summed E-state index contributed by atoms with van der Waals surface area (Å²) >= 11 is 0. The molecule has 8 heteroatoms. The summed E-state index contributed by atoms with van der Waals surface area (Å²) in [6.45, 7) is 3.58. The van der Waals surface area contributed by atoms with E-state index in [0.29, 0.717) is 43.1 Å². The number of rotatable bonds is 6. The lowest BCUT2D eigenvalue weighted by molar-refractivity contribution is -0.126. The Bertz CT molecular complexity index is 893. The monoisotopic (exact) mass is 397 g/mol. The van der Waals surface area contributed by atoms with Gasteiger partial charge in [0.25, 0.3) is 11.8 Å². The van der Waals surface area contributed by atoms with Crippen LogP contribution in [0.5, 0.6) is 5.75 Å². The molecular weight excluding hydrogens is 374 g/mol. The van der Waals surface area contributed by atoms with Crippen LogP contribution in [0.15, 0.2) is 53.7 Å². The minimum atomic E-state index is -0.899. The second-order valence-corrected chi connectivity index (χ2v) is 6.48. The molecule has 1 heterocycles. The van der Waals surface area contributed by atoms with Crippen molar-refractivity contribution in [2.75, 3.05) is 31.6 Å². The van der Waals surface area contributed by atoms with Crippen molar-refractivity contribution in [3.8, 4) is 5.75 Å². The molecule has 0 spiro atoms. The number of hydrogen-bond acceptors (Lipinski definition) is 6. The van der Waals surface area contributed by atoms with Gasteiger partial charge in [0, 0.05) is 18.7 Å². The third-order valence-electron chi connectivity index (χ3n) is 4.43. The summed E-state index contributed by atoms with van der Waals surface area (Å²) in [6.07, 6.45) is 0.429. The third-order valence-corrected chi connectivity index (χ3v) is 4.43. The number of nitrogens with zero attached hydrogens (tertiary/aromatic N) is 2. The molecule has 2 aromatic rings. The van der Waals surface area contributed by atoms with Crippen LogP contribution in [-0.4, -0.2) is 60.4 Å². The second-order valence-electron chi connectivity index (χ2n) is 6.48. The number of amides is 2. The zero-order chi connectivity index (χ0) is 20.6. The van der Waals surface area contributed by atoms with E-state index in [1.807, 2.05) is 0 Å². The highest BCUT2D eigenvalue weighted by Crippen LogP contribution is 2.19. The fraction of sp³-hybridized carbons (Fsp3) is 0.286. The molecule has 3 rings (SSSR count). The number of nitrogens with one attached hydrogen (secondary N) is 1. The summed E-state index contributed by atoms with van der Waals surface area (Å²) in [5, 5.41) is 16.2. The van der Waals surface area contributed by atoms with Crippen LogP contribution in [0.2, 0.25) is 0 Å². The lowest BCUT2D eigenvalue weighted by Gasteiger charge is -2.27. The van der Waals surface area contributed by atoms with Crippen molar-refractivity contribution in [2.24, 2.45) is 5.16 Å². The predicted molar refractivity (Wildman–Crippen MR) is 108 cm³/mol. The van der Waals surface area contributed by atoms with E-state index >= 15 is 0 Å². The average molecular weight is 397 g/mol. The van der Waals surface area contributed by atoms with Crippen molar-refractivity contribution in [1.82, 2.24) is 4.90 Å². The molecule has 2 amide bonds. The molecule has 0 aromatic heterocycles. The van der Waals surface area contributed by atoms with Gasteiger partial charge in [0.2, 0.25) is 6.10 Å². The molecule has 0 saturated carbocycles. The predicted octanol–water partition coefficient (Wildman–Crippen LogP) is 2.24. The summed E-state index contributed by atoms with van der Waals surface area (Å²) in [7, 11) is 0. The number of morpholine rings is 1. The van der Waals surface area contributed by atoms with Crippen molar-refractivity contribution in [1.29, 1.82) is 0 Å². The van der Waals surface area contributed by atoms with Crippen molar-refractivity contribution in [3.63, 3.8) is 0 Å². The standard InChI is InChI=1S/C21H23N3O5/c1-15(29-22-14-16-6-2-5-9-19(16)25)20(26)23-18-8-4-3-7-17(18)21(27)24-10-12-28-13-11-24/h2-9,14-15,25H,10-13H2,1H3,(H,23,26)/b22-14-. The van der Waals surface area contributed by atoms with Gasteiger partial charge in [0.1, 0.15) is 5.75 Å². The number of para-hydroxylation sites is 2. The van der Waals surface area contributed by atoms with E-state index < -0.39 is 12.0 Å². The Morgan fingerprint density at radius 1 is 1.17 bits per heavy atom. The quantitative estimate of drug-likeness (QED) is 0.575. The van der Waals surface area contributed by atoms with Gasteiger partial charge in [-0.2, -0.15) is 0 Å². The molecule has 1 unspecified atom stereocenters. The third kappa shape index (κ3) is 5.32. The van der Waals surface area contributed by atoms with E-state index in [-0.39, 0.29) is 11.7 Å². The van der Waals surface area contributed by atoms with Gasteiger partial charge in [-0.1, -0.05) is 29.4 Å². The van der Waals surface area contributed by atoms with Gasteiger partial charge < -0.3 is 24.9 Å². The maximum Gasteiger partial charge on any atom is 0.268 e. The van der Waals surface area contributed by atoms with Crippen molar-refractivity contribution in [2.45, 2.75) is 13.0 Å². The van der Waals surface area contributed by atoms with Crippen LogP contribution < -0.4 is 5.32 Å². The first-order valence-electron chi connectivity index (χ1n) is 9.30. The topological polar surface area (TPSA) is 100 Å². The lowest BCUT2D eigenvalue weighted by Crippen LogP contribution is -2.41. The maximum atomic E-state index is 12.8. The molecule has 0 radical (unpaired) electrons. The summed E-state index contributed by atoms with van der Waals surface area (Å²) in [5.74, 6) is -0.537. The molecule has 0 bridgehead atoms. The summed E-state index contributed by atoms with van der Waals surface area (Å²) < 4.78 is 5.28. The zero-order valence-electron chi connectivity index (χ0n) is 16.1. The zero-order valence-corrected chi connectivity index (χ0v) is 16.1. The SMILES string of the molecule is CC(O/N=C\c1ccccc1O)C(=O)Nc1ccccc1C(=O)N1CCOCC1. The van der Waals surface area contributed by atoms with Crippen molar-refractivity contribution < 1.29 is 24.3 Å². The molecule has 2 N–H and O–H groups in total.